The van der Waals surface area contributed by atoms with Crippen molar-refractivity contribution in [2.24, 2.45) is 0 Å². The fourth-order valence-electron chi connectivity index (χ4n) is 2.75. The normalized spacial score (nSPS) is 14.4. The Labute approximate surface area is 224 Å². The van der Waals surface area contributed by atoms with Crippen LogP contribution in [0.1, 0.15) is 22.8 Å². The number of hydrazine groups is 1. The zero-order valence-corrected chi connectivity index (χ0v) is 22.5. The second-order valence-electron chi connectivity index (χ2n) is 6.59. The summed E-state index contributed by atoms with van der Waals surface area (Å²) < 4.78 is 16.7. The van der Waals surface area contributed by atoms with Crippen molar-refractivity contribution in [2.45, 2.75) is 6.92 Å². The number of thioether (sulfide) groups is 1. The molecule has 1 saturated heterocycles. The van der Waals surface area contributed by atoms with Gasteiger partial charge in [0.25, 0.3) is 11.8 Å². The summed E-state index contributed by atoms with van der Waals surface area (Å²) in [7, 11) is 1.28. The Morgan fingerprint density at radius 3 is 2.59 bits per heavy atom. The van der Waals surface area contributed by atoms with E-state index in [0.29, 0.717) is 42.7 Å². The second-order valence-corrected chi connectivity index (χ2v) is 9.87. The van der Waals surface area contributed by atoms with Crippen LogP contribution in [0.15, 0.2) is 41.3 Å². The number of ether oxygens (including phenoxy) is 3. The van der Waals surface area contributed by atoms with Crippen LogP contribution in [0.2, 0.25) is 5.02 Å². The topological polar surface area (TPSA) is 94.2 Å². The van der Waals surface area contributed by atoms with Crippen molar-refractivity contribution in [3.63, 3.8) is 0 Å². The number of thiocarbonyl (C=S) groups is 1. The van der Waals surface area contributed by atoms with Crippen LogP contribution in [0.3, 0.4) is 0 Å². The van der Waals surface area contributed by atoms with E-state index < -0.39 is 17.8 Å². The number of rotatable bonds is 8. The lowest BCUT2D eigenvalue weighted by atomic mass is 10.2. The van der Waals surface area contributed by atoms with E-state index in [0.717, 1.165) is 16.8 Å². The number of amides is 2. The summed E-state index contributed by atoms with van der Waals surface area (Å²) in [5.74, 6) is -0.665. The molecule has 8 nitrogen and oxygen atoms in total. The minimum absolute atomic E-state index is 0.191. The van der Waals surface area contributed by atoms with E-state index in [1.54, 1.807) is 42.5 Å². The average molecular weight is 633 g/mol. The number of nitrogens with one attached hydrogen (secondary N) is 1. The van der Waals surface area contributed by atoms with Gasteiger partial charge >= 0.3 is 5.97 Å². The lowest BCUT2D eigenvalue weighted by molar-refractivity contribution is -0.143. The first-order valence-electron chi connectivity index (χ1n) is 9.74. The zero-order chi connectivity index (χ0) is 24.8. The standard InChI is InChI=1S/C22H18ClIN2O6S2/c1-3-31-16-9-12(8-15(24)19(16)32-11-18(27)30-2)10-17-21(29)26(22(33)34-17)25-20(28)13-4-6-14(23)7-5-13/h4-10H,3,11H2,1-2H3,(H,25,28)/b17-10+. The average Bonchev–Trinajstić information content (AvgIpc) is 3.06. The Bertz CT molecular complexity index is 1170. The van der Waals surface area contributed by atoms with Gasteiger partial charge in [0.05, 0.1) is 22.2 Å². The van der Waals surface area contributed by atoms with Crippen LogP contribution in [0, 0.1) is 3.57 Å². The number of nitrogens with zero attached hydrogens (tertiary/aromatic N) is 1. The first-order valence-corrected chi connectivity index (χ1v) is 12.4. The number of halogens is 2. The molecule has 0 saturated carbocycles. The van der Waals surface area contributed by atoms with Crippen molar-refractivity contribution in [2.75, 3.05) is 20.3 Å². The van der Waals surface area contributed by atoms with Crippen molar-refractivity contribution in [3.05, 3.63) is 61.0 Å². The number of carbonyl (C=O) groups is 3. The summed E-state index contributed by atoms with van der Waals surface area (Å²) in [6.45, 7) is 1.92. The fraction of sp³-hybridized carbons (Fsp3) is 0.182. The molecule has 0 radical (unpaired) electrons. The number of hydrogen-bond donors (Lipinski definition) is 1. The molecule has 0 spiro atoms. The highest BCUT2D eigenvalue weighted by atomic mass is 127. The molecule has 2 aromatic carbocycles. The first kappa shape index (κ1) is 26.3. The molecule has 0 atom stereocenters. The van der Waals surface area contributed by atoms with Gasteiger partial charge < -0.3 is 14.2 Å². The molecule has 1 fully saturated rings. The van der Waals surface area contributed by atoms with E-state index in [4.69, 9.17) is 33.3 Å². The van der Waals surface area contributed by atoms with Gasteiger partial charge in [0.15, 0.2) is 22.4 Å². The molecule has 0 unspecified atom stereocenters. The number of esters is 1. The molecule has 34 heavy (non-hydrogen) atoms. The van der Waals surface area contributed by atoms with E-state index in [1.165, 1.54) is 7.11 Å². The summed E-state index contributed by atoms with van der Waals surface area (Å²) in [4.78, 5) is 37.2. The molecular formula is C22H18ClIN2O6S2. The van der Waals surface area contributed by atoms with Crippen LogP contribution >= 0.6 is 58.2 Å². The van der Waals surface area contributed by atoms with Crippen LogP contribution in [-0.2, 0) is 14.3 Å². The summed E-state index contributed by atoms with van der Waals surface area (Å²) >= 11 is 14.3. The van der Waals surface area contributed by atoms with Crippen LogP contribution in [-0.4, -0.2) is 47.4 Å². The van der Waals surface area contributed by atoms with Gasteiger partial charge in [-0.25, -0.2) is 4.79 Å². The molecule has 1 aliphatic heterocycles. The van der Waals surface area contributed by atoms with Gasteiger partial charge in [-0.3, -0.25) is 15.0 Å². The highest BCUT2D eigenvalue weighted by molar-refractivity contribution is 14.1. The summed E-state index contributed by atoms with van der Waals surface area (Å²) in [5, 5.41) is 1.53. The lowest BCUT2D eigenvalue weighted by Gasteiger charge is -2.15. The molecule has 0 bridgehead atoms. The van der Waals surface area contributed by atoms with Gasteiger partial charge in [-0.2, -0.15) is 5.01 Å². The molecule has 0 aromatic heterocycles. The maximum Gasteiger partial charge on any atom is 0.343 e. The largest absolute Gasteiger partial charge is 0.490 e. The molecule has 3 rings (SSSR count). The van der Waals surface area contributed by atoms with E-state index in [-0.39, 0.29) is 10.9 Å². The monoisotopic (exact) mass is 632 g/mol. The van der Waals surface area contributed by atoms with Gasteiger partial charge in [-0.05, 0) is 89.8 Å². The molecule has 12 heteroatoms. The second kappa shape index (κ2) is 11.9. The predicted octanol–water partition coefficient (Wildman–Crippen LogP) is 4.44. The number of carbonyl (C=O) groups excluding carboxylic acids is 3. The van der Waals surface area contributed by atoms with Gasteiger partial charge in [0, 0.05) is 10.6 Å². The predicted molar refractivity (Wildman–Crippen MR) is 142 cm³/mol. The molecule has 1 N–H and O–H groups in total. The third-order valence-electron chi connectivity index (χ3n) is 4.30. The third kappa shape index (κ3) is 6.40. The molecule has 0 aliphatic carbocycles. The first-order chi connectivity index (χ1) is 16.2. The van der Waals surface area contributed by atoms with Crippen molar-refractivity contribution in [3.8, 4) is 11.5 Å². The van der Waals surface area contributed by atoms with E-state index in [9.17, 15) is 14.4 Å². The summed E-state index contributed by atoms with van der Waals surface area (Å²) in [6.07, 6.45) is 1.64. The minimum Gasteiger partial charge on any atom is -0.490 e. The third-order valence-corrected chi connectivity index (χ3v) is 6.66. The maximum atomic E-state index is 12.9. The lowest BCUT2D eigenvalue weighted by Crippen LogP contribution is -2.44. The van der Waals surface area contributed by atoms with Crippen molar-refractivity contribution in [1.29, 1.82) is 0 Å². The van der Waals surface area contributed by atoms with E-state index in [2.05, 4.69) is 32.8 Å². The number of benzene rings is 2. The van der Waals surface area contributed by atoms with Gasteiger partial charge in [0.1, 0.15) is 0 Å². The summed E-state index contributed by atoms with van der Waals surface area (Å²) in [5.41, 5.74) is 3.51. The Hall–Kier alpha value is -2.35. The molecule has 2 amide bonds. The molecular weight excluding hydrogens is 615 g/mol. The van der Waals surface area contributed by atoms with E-state index >= 15 is 0 Å². The Morgan fingerprint density at radius 2 is 1.94 bits per heavy atom. The van der Waals surface area contributed by atoms with E-state index in [1.807, 2.05) is 6.92 Å². The van der Waals surface area contributed by atoms with Crippen LogP contribution < -0.4 is 14.9 Å². The fourth-order valence-corrected chi connectivity index (χ4v) is 4.83. The van der Waals surface area contributed by atoms with Crippen LogP contribution in [0.25, 0.3) is 6.08 Å². The van der Waals surface area contributed by atoms with Gasteiger partial charge in [-0.15, -0.1) is 0 Å². The highest BCUT2D eigenvalue weighted by Gasteiger charge is 2.34. The van der Waals surface area contributed by atoms with Gasteiger partial charge in [-0.1, -0.05) is 23.4 Å². The maximum absolute atomic E-state index is 12.9. The van der Waals surface area contributed by atoms with Crippen molar-refractivity contribution >= 4 is 86.4 Å². The highest BCUT2D eigenvalue weighted by Crippen LogP contribution is 2.37. The van der Waals surface area contributed by atoms with Crippen LogP contribution in [0.4, 0.5) is 0 Å². The Balaban J connectivity index is 1.81. The Kier molecular flexibility index (Phi) is 9.17. The van der Waals surface area contributed by atoms with Gasteiger partial charge in [0.2, 0.25) is 0 Å². The smallest absolute Gasteiger partial charge is 0.343 e. The molecule has 178 valence electrons. The quantitative estimate of drug-likeness (QED) is 0.198. The zero-order valence-electron chi connectivity index (χ0n) is 17.9. The molecule has 2 aromatic rings. The van der Waals surface area contributed by atoms with Crippen LogP contribution in [0.5, 0.6) is 11.5 Å². The molecule has 1 heterocycles. The number of methoxy groups -OCH3 is 1. The number of hydrogen-bond acceptors (Lipinski definition) is 8. The SMILES string of the molecule is CCOc1cc(/C=C2/SC(=S)N(NC(=O)c3ccc(Cl)cc3)C2=O)cc(I)c1OCC(=O)OC. The minimum atomic E-state index is -0.522. The molecule has 1 aliphatic rings. The van der Waals surface area contributed by atoms with Crippen molar-refractivity contribution < 1.29 is 28.6 Å². The van der Waals surface area contributed by atoms with Crippen molar-refractivity contribution in [1.82, 2.24) is 10.4 Å². The Morgan fingerprint density at radius 1 is 1.24 bits per heavy atom. The summed E-state index contributed by atoms with van der Waals surface area (Å²) in [6, 6.07) is 9.72.